The Hall–Kier alpha value is -2.53. The van der Waals surface area contributed by atoms with Gasteiger partial charge in [-0.1, -0.05) is 43.0 Å². The van der Waals surface area contributed by atoms with Crippen molar-refractivity contribution in [1.29, 1.82) is 0 Å². The number of hydrogen-bond donors (Lipinski definition) is 0. The van der Waals surface area contributed by atoms with E-state index in [1.165, 1.54) is 6.42 Å². The topological polar surface area (TPSA) is 55.8 Å². The minimum atomic E-state index is -0.990. The second-order valence-corrected chi connectivity index (χ2v) is 9.47. The van der Waals surface area contributed by atoms with Crippen molar-refractivity contribution in [3.05, 3.63) is 63.7 Å². The average molecular weight is 454 g/mol. The van der Waals surface area contributed by atoms with Gasteiger partial charge in [-0.25, -0.2) is 0 Å². The van der Waals surface area contributed by atoms with Crippen LogP contribution < -0.4 is 4.74 Å². The van der Waals surface area contributed by atoms with Crippen molar-refractivity contribution in [2.75, 3.05) is 13.7 Å². The first-order valence-corrected chi connectivity index (χ1v) is 11.9. The molecule has 2 aliphatic carbocycles. The third-order valence-corrected chi connectivity index (χ3v) is 7.63. The van der Waals surface area contributed by atoms with Gasteiger partial charge in [0.15, 0.2) is 0 Å². The van der Waals surface area contributed by atoms with E-state index in [2.05, 4.69) is 0 Å². The van der Waals surface area contributed by atoms with Crippen molar-refractivity contribution in [2.45, 2.75) is 62.9 Å². The summed E-state index contributed by atoms with van der Waals surface area (Å²) in [6.45, 7) is 2.11. The van der Waals surface area contributed by atoms with Gasteiger partial charge in [-0.3, -0.25) is 9.59 Å². The molecule has 0 spiro atoms. The Bertz CT molecular complexity index is 1080. The van der Waals surface area contributed by atoms with E-state index in [0.29, 0.717) is 22.8 Å². The van der Waals surface area contributed by atoms with E-state index in [-0.39, 0.29) is 24.5 Å². The fourth-order valence-corrected chi connectivity index (χ4v) is 6.24. The van der Waals surface area contributed by atoms with Gasteiger partial charge in [0.05, 0.1) is 19.8 Å². The zero-order valence-electron chi connectivity index (χ0n) is 18.5. The fourth-order valence-electron chi connectivity index (χ4n) is 6.05. The minimum absolute atomic E-state index is 0.0291. The lowest BCUT2D eigenvalue weighted by Gasteiger charge is -2.49. The third kappa shape index (κ3) is 3.05. The van der Waals surface area contributed by atoms with E-state index in [1.807, 2.05) is 42.2 Å². The van der Waals surface area contributed by atoms with Crippen LogP contribution in [-0.4, -0.2) is 36.5 Å². The maximum absolute atomic E-state index is 14.0. The first-order valence-electron chi connectivity index (χ1n) is 11.5. The molecule has 0 unspecified atom stereocenters. The molecule has 1 aliphatic heterocycles. The molecule has 1 saturated carbocycles. The summed E-state index contributed by atoms with van der Waals surface area (Å²) in [6, 6.07) is 11.0. The number of methoxy groups -OCH3 is 1. The number of esters is 1. The molecular weight excluding hydrogens is 426 g/mol. The molecule has 1 amide bonds. The Labute approximate surface area is 193 Å². The first-order chi connectivity index (χ1) is 15.5. The van der Waals surface area contributed by atoms with E-state index >= 15 is 0 Å². The summed E-state index contributed by atoms with van der Waals surface area (Å²) in [6.07, 6.45) is 5.72. The summed E-state index contributed by atoms with van der Waals surface area (Å²) in [4.78, 5) is 29.8. The van der Waals surface area contributed by atoms with Crippen LogP contribution in [0.3, 0.4) is 0 Å². The van der Waals surface area contributed by atoms with Crippen LogP contribution in [0, 0.1) is 0 Å². The van der Waals surface area contributed by atoms with E-state index < -0.39 is 11.5 Å². The zero-order valence-corrected chi connectivity index (χ0v) is 19.3. The van der Waals surface area contributed by atoms with Gasteiger partial charge in [-0.2, -0.15) is 0 Å². The van der Waals surface area contributed by atoms with E-state index in [4.69, 9.17) is 21.1 Å². The minimum Gasteiger partial charge on any atom is -0.497 e. The van der Waals surface area contributed by atoms with Gasteiger partial charge in [-0.15, -0.1) is 0 Å². The molecule has 32 heavy (non-hydrogen) atoms. The van der Waals surface area contributed by atoms with Crippen molar-refractivity contribution >= 4 is 23.5 Å². The highest BCUT2D eigenvalue weighted by atomic mass is 35.5. The number of benzene rings is 2. The molecule has 3 aliphatic rings. The molecule has 5 rings (SSSR count). The van der Waals surface area contributed by atoms with Crippen molar-refractivity contribution in [3.8, 4) is 5.75 Å². The van der Waals surface area contributed by atoms with Gasteiger partial charge in [0, 0.05) is 16.6 Å². The number of carbonyl (C=O) groups excluding carboxylic acids is 2. The van der Waals surface area contributed by atoms with Gasteiger partial charge in [0.25, 0.3) is 5.91 Å². The molecule has 2 aromatic carbocycles. The summed E-state index contributed by atoms with van der Waals surface area (Å²) in [7, 11) is 1.59. The van der Waals surface area contributed by atoms with Crippen LogP contribution >= 0.6 is 11.6 Å². The molecule has 1 fully saturated rings. The van der Waals surface area contributed by atoms with Crippen molar-refractivity contribution in [2.24, 2.45) is 0 Å². The summed E-state index contributed by atoms with van der Waals surface area (Å²) in [5.41, 5.74) is 2.29. The number of halogens is 1. The zero-order chi connectivity index (χ0) is 22.5. The van der Waals surface area contributed by atoms with E-state index in [9.17, 15) is 9.59 Å². The standard InChI is InChI=1S/C26H28ClNO4/c1-3-32-25(30)26-15-16-13-17(27)9-11-20(16)23(26)28(18-7-5-4-6-8-18)24(29)21-14-19(31-2)10-12-22(21)26/h9-14,18,23H,3-8,15H2,1-2H3/t23-,26+/m1/s1. The summed E-state index contributed by atoms with van der Waals surface area (Å²) in [5, 5.41) is 0.631. The lowest BCUT2D eigenvalue weighted by atomic mass is 9.68. The highest BCUT2D eigenvalue weighted by molar-refractivity contribution is 6.30. The molecule has 0 N–H and O–H groups in total. The van der Waals surface area contributed by atoms with Crippen LogP contribution in [0.25, 0.3) is 0 Å². The molecule has 0 radical (unpaired) electrons. The lowest BCUT2D eigenvalue weighted by Crippen LogP contribution is -2.57. The van der Waals surface area contributed by atoms with Gasteiger partial charge in [-0.05, 0) is 67.1 Å². The number of carbonyl (C=O) groups is 2. The summed E-state index contributed by atoms with van der Waals surface area (Å²) >= 11 is 6.35. The van der Waals surface area contributed by atoms with Gasteiger partial charge in [0.2, 0.25) is 0 Å². The second kappa shape index (κ2) is 8.11. The highest BCUT2D eigenvalue weighted by Gasteiger charge is 2.62. The molecule has 2 aromatic rings. The molecule has 6 heteroatoms. The molecule has 0 saturated heterocycles. The lowest BCUT2D eigenvalue weighted by molar-refractivity contribution is -0.153. The Morgan fingerprint density at radius 2 is 1.94 bits per heavy atom. The number of amides is 1. The molecule has 0 aromatic heterocycles. The highest BCUT2D eigenvalue weighted by Crippen LogP contribution is 2.57. The first kappa shape index (κ1) is 21.3. The van der Waals surface area contributed by atoms with Gasteiger partial charge in [0.1, 0.15) is 11.2 Å². The van der Waals surface area contributed by atoms with Gasteiger partial charge < -0.3 is 14.4 Å². The normalized spacial score (nSPS) is 24.5. The maximum atomic E-state index is 14.0. The second-order valence-electron chi connectivity index (χ2n) is 9.03. The van der Waals surface area contributed by atoms with Gasteiger partial charge >= 0.3 is 5.97 Å². The monoisotopic (exact) mass is 453 g/mol. The number of hydrogen-bond acceptors (Lipinski definition) is 4. The quantitative estimate of drug-likeness (QED) is 0.594. The summed E-state index contributed by atoms with van der Waals surface area (Å²) in [5.74, 6) is 0.298. The number of fused-ring (bicyclic) bond motifs is 5. The number of nitrogens with zero attached hydrogens (tertiary/aromatic N) is 1. The molecule has 2 atom stereocenters. The number of ether oxygens (including phenoxy) is 2. The maximum Gasteiger partial charge on any atom is 0.319 e. The van der Waals surface area contributed by atoms with Crippen LogP contribution in [0.5, 0.6) is 5.75 Å². The molecule has 5 nitrogen and oxygen atoms in total. The fraction of sp³-hybridized carbons (Fsp3) is 0.462. The van der Waals surface area contributed by atoms with E-state index in [0.717, 1.165) is 42.4 Å². The number of rotatable bonds is 4. The molecule has 1 heterocycles. The van der Waals surface area contributed by atoms with E-state index in [1.54, 1.807) is 13.2 Å². The smallest absolute Gasteiger partial charge is 0.319 e. The third-order valence-electron chi connectivity index (χ3n) is 7.39. The van der Waals surface area contributed by atoms with Crippen LogP contribution in [-0.2, 0) is 21.4 Å². The van der Waals surface area contributed by atoms with Crippen LogP contribution in [0.1, 0.15) is 72.1 Å². The Morgan fingerprint density at radius 3 is 2.66 bits per heavy atom. The Kier molecular flexibility index (Phi) is 5.40. The Morgan fingerprint density at radius 1 is 1.16 bits per heavy atom. The molecule has 0 bridgehead atoms. The van der Waals surface area contributed by atoms with Crippen molar-refractivity contribution in [1.82, 2.24) is 4.90 Å². The van der Waals surface area contributed by atoms with Crippen molar-refractivity contribution in [3.63, 3.8) is 0 Å². The van der Waals surface area contributed by atoms with Crippen LogP contribution in [0.4, 0.5) is 0 Å². The van der Waals surface area contributed by atoms with Crippen molar-refractivity contribution < 1.29 is 19.1 Å². The largest absolute Gasteiger partial charge is 0.497 e. The Balaban J connectivity index is 1.79. The SMILES string of the molecule is CCOC(=O)[C@]12Cc3cc(Cl)ccc3[C@H]1N(C1CCCCC1)C(=O)c1cc(OC)ccc12. The predicted octanol–water partition coefficient (Wildman–Crippen LogP) is 5.24. The molecular formula is C26H28ClNO4. The predicted molar refractivity (Wildman–Crippen MR) is 122 cm³/mol. The average Bonchev–Trinajstić information content (AvgIpc) is 3.15. The summed E-state index contributed by atoms with van der Waals surface area (Å²) < 4.78 is 11.1. The van der Waals surface area contributed by atoms with Crippen LogP contribution in [0.2, 0.25) is 5.02 Å². The van der Waals surface area contributed by atoms with Crippen LogP contribution in [0.15, 0.2) is 36.4 Å². The molecule has 168 valence electrons.